The number of oxazole rings is 1. The summed E-state index contributed by atoms with van der Waals surface area (Å²) in [4.78, 5) is 16.2. The van der Waals surface area contributed by atoms with E-state index in [0.29, 0.717) is 24.7 Å². The molecule has 5 nitrogen and oxygen atoms in total. The Morgan fingerprint density at radius 1 is 1.09 bits per heavy atom. The molecule has 2 aromatic carbocycles. The normalized spacial score (nSPS) is 10.6. The van der Waals surface area contributed by atoms with Gasteiger partial charge >= 0.3 is 0 Å². The predicted octanol–water partition coefficient (Wildman–Crippen LogP) is 3.43. The number of halogens is 1. The molecule has 0 unspecified atom stereocenters. The van der Waals surface area contributed by atoms with Crippen LogP contribution in [0.5, 0.6) is 0 Å². The van der Waals surface area contributed by atoms with Crippen molar-refractivity contribution >= 4 is 39.0 Å². The van der Waals surface area contributed by atoms with Crippen LogP contribution in [-0.4, -0.2) is 24.0 Å². The highest BCUT2D eigenvalue weighted by Crippen LogP contribution is 2.17. The Labute approximate surface area is 135 Å². The molecule has 22 heavy (non-hydrogen) atoms. The van der Waals surface area contributed by atoms with Crippen LogP contribution in [0.25, 0.3) is 11.1 Å². The van der Waals surface area contributed by atoms with Gasteiger partial charge in [-0.05, 0) is 36.4 Å². The van der Waals surface area contributed by atoms with Crippen LogP contribution in [0.1, 0.15) is 10.4 Å². The number of amides is 1. The van der Waals surface area contributed by atoms with Crippen molar-refractivity contribution < 1.29 is 9.21 Å². The van der Waals surface area contributed by atoms with Crippen molar-refractivity contribution in [2.24, 2.45) is 0 Å². The number of hydrogen-bond acceptors (Lipinski definition) is 4. The van der Waals surface area contributed by atoms with Crippen LogP contribution >= 0.6 is 15.9 Å². The number of hydrogen-bond donors (Lipinski definition) is 2. The highest BCUT2D eigenvalue weighted by Gasteiger charge is 2.06. The van der Waals surface area contributed by atoms with Crippen molar-refractivity contribution in [1.29, 1.82) is 0 Å². The summed E-state index contributed by atoms with van der Waals surface area (Å²) in [7, 11) is 0. The van der Waals surface area contributed by atoms with Crippen LogP contribution in [-0.2, 0) is 0 Å². The van der Waals surface area contributed by atoms with Gasteiger partial charge in [-0.3, -0.25) is 4.79 Å². The first kappa shape index (κ1) is 14.6. The highest BCUT2D eigenvalue weighted by atomic mass is 79.9. The zero-order chi connectivity index (χ0) is 15.4. The van der Waals surface area contributed by atoms with Crippen molar-refractivity contribution in [3.8, 4) is 0 Å². The standard InChI is InChI=1S/C16H14BrN3O2/c17-12-7-5-11(6-8-12)15(21)18-9-10-19-16-20-13-3-1-2-4-14(13)22-16/h1-8H,9-10H2,(H,18,21)(H,19,20). The topological polar surface area (TPSA) is 67.2 Å². The van der Waals surface area contributed by atoms with Gasteiger partial charge in [-0.15, -0.1) is 0 Å². The number of anilines is 1. The van der Waals surface area contributed by atoms with Gasteiger partial charge in [0.25, 0.3) is 11.9 Å². The molecule has 112 valence electrons. The van der Waals surface area contributed by atoms with E-state index in [2.05, 4.69) is 31.5 Å². The number of carbonyl (C=O) groups excluding carboxylic acids is 1. The summed E-state index contributed by atoms with van der Waals surface area (Å²) in [5.41, 5.74) is 2.18. The molecule has 1 aromatic heterocycles. The minimum absolute atomic E-state index is 0.105. The van der Waals surface area contributed by atoms with Gasteiger partial charge in [0.05, 0.1) is 0 Å². The second-order valence-corrected chi connectivity index (χ2v) is 5.59. The third-order valence-corrected chi connectivity index (χ3v) is 3.62. The minimum Gasteiger partial charge on any atom is -0.424 e. The lowest BCUT2D eigenvalue weighted by Crippen LogP contribution is -2.28. The molecule has 0 saturated heterocycles. The van der Waals surface area contributed by atoms with E-state index in [4.69, 9.17) is 4.42 Å². The minimum atomic E-state index is -0.105. The van der Waals surface area contributed by atoms with E-state index in [1.165, 1.54) is 0 Å². The van der Waals surface area contributed by atoms with E-state index in [0.717, 1.165) is 15.6 Å². The third kappa shape index (κ3) is 3.46. The van der Waals surface area contributed by atoms with Crippen molar-refractivity contribution in [2.45, 2.75) is 0 Å². The molecule has 3 rings (SSSR count). The molecule has 0 bridgehead atoms. The second-order valence-electron chi connectivity index (χ2n) is 4.68. The average Bonchev–Trinajstić information content (AvgIpc) is 2.95. The number of aromatic nitrogens is 1. The summed E-state index contributed by atoms with van der Waals surface area (Å²) in [6, 6.07) is 15.2. The first-order valence-corrected chi connectivity index (χ1v) is 7.65. The Bertz CT molecular complexity index is 750. The molecule has 0 aliphatic heterocycles. The van der Waals surface area contributed by atoms with Crippen LogP contribution in [0.2, 0.25) is 0 Å². The molecule has 1 heterocycles. The number of carbonyl (C=O) groups is 1. The first-order chi connectivity index (χ1) is 10.7. The Morgan fingerprint density at radius 3 is 2.64 bits per heavy atom. The summed E-state index contributed by atoms with van der Waals surface area (Å²) in [6.45, 7) is 1.02. The summed E-state index contributed by atoms with van der Waals surface area (Å²) in [5.74, 6) is -0.105. The Balaban J connectivity index is 1.49. The first-order valence-electron chi connectivity index (χ1n) is 6.85. The molecular weight excluding hydrogens is 346 g/mol. The van der Waals surface area contributed by atoms with Crippen LogP contribution in [0, 0.1) is 0 Å². The van der Waals surface area contributed by atoms with E-state index >= 15 is 0 Å². The van der Waals surface area contributed by atoms with Crippen LogP contribution in [0.4, 0.5) is 6.01 Å². The monoisotopic (exact) mass is 359 g/mol. The molecule has 0 aliphatic rings. The molecule has 0 fully saturated rings. The summed E-state index contributed by atoms with van der Waals surface area (Å²) in [6.07, 6.45) is 0. The number of rotatable bonds is 5. The Hall–Kier alpha value is -2.34. The zero-order valence-electron chi connectivity index (χ0n) is 11.7. The van der Waals surface area contributed by atoms with Gasteiger partial charge in [-0.1, -0.05) is 28.1 Å². The van der Waals surface area contributed by atoms with Crippen molar-refractivity contribution in [3.63, 3.8) is 0 Å². The highest BCUT2D eigenvalue weighted by molar-refractivity contribution is 9.10. The average molecular weight is 360 g/mol. The van der Waals surface area contributed by atoms with Gasteiger partial charge in [0.2, 0.25) is 0 Å². The quantitative estimate of drug-likeness (QED) is 0.684. The van der Waals surface area contributed by atoms with Crippen molar-refractivity contribution in [3.05, 3.63) is 58.6 Å². The van der Waals surface area contributed by atoms with Gasteiger partial charge in [-0.2, -0.15) is 4.98 Å². The molecular formula is C16H14BrN3O2. The SMILES string of the molecule is O=C(NCCNc1nc2ccccc2o1)c1ccc(Br)cc1. The lowest BCUT2D eigenvalue weighted by molar-refractivity contribution is 0.0955. The fraction of sp³-hybridized carbons (Fsp3) is 0.125. The molecule has 0 spiro atoms. The van der Waals surface area contributed by atoms with Crippen LogP contribution < -0.4 is 10.6 Å². The van der Waals surface area contributed by atoms with Gasteiger partial charge < -0.3 is 15.1 Å². The van der Waals surface area contributed by atoms with E-state index in [1.807, 2.05) is 36.4 Å². The van der Waals surface area contributed by atoms with Crippen molar-refractivity contribution in [1.82, 2.24) is 10.3 Å². The number of benzene rings is 2. The van der Waals surface area contributed by atoms with Crippen LogP contribution in [0.3, 0.4) is 0 Å². The van der Waals surface area contributed by atoms with Gasteiger partial charge in [0.15, 0.2) is 5.58 Å². The van der Waals surface area contributed by atoms with Crippen molar-refractivity contribution in [2.75, 3.05) is 18.4 Å². The van der Waals surface area contributed by atoms with E-state index in [1.54, 1.807) is 12.1 Å². The van der Waals surface area contributed by atoms with Gasteiger partial charge in [-0.25, -0.2) is 0 Å². The maximum atomic E-state index is 11.9. The summed E-state index contributed by atoms with van der Waals surface area (Å²) < 4.78 is 6.48. The summed E-state index contributed by atoms with van der Waals surface area (Å²) >= 11 is 3.34. The van der Waals surface area contributed by atoms with E-state index in [-0.39, 0.29) is 5.91 Å². The second kappa shape index (κ2) is 6.62. The van der Waals surface area contributed by atoms with E-state index < -0.39 is 0 Å². The van der Waals surface area contributed by atoms with Gasteiger partial charge in [0, 0.05) is 23.1 Å². The summed E-state index contributed by atoms with van der Waals surface area (Å²) in [5, 5.41) is 5.89. The molecule has 0 saturated carbocycles. The maximum absolute atomic E-state index is 11.9. The van der Waals surface area contributed by atoms with Gasteiger partial charge in [0.1, 0.15) is 5.52 Å². The fourth-order valence-corrected chi connectivity index (χ4v) is 2.26. The number of nitrogens with zero attached hydrogens (tertiary/aromatic N) is 1. The molecule has 0 atom stereocenters. The molecule has 0 aliphatic carbocycles. The maximum Gasteiger partial charge on any atom is 0.295 e. The predicted molar refractivity (Wildman–Crippen MR) is 89.0 cm³/mol. The molecule has 1 amide bonds. The Kier molecular flexibility index (Phi) is 4.39. The van der Waals surface area contributed by atoms with E-state index in [9.17, 15) is 4.79 Å². The largest absolute Gasteiger partial charge is 0.424 e. The van der Waals surface area contributed by atoms with Crippen LogP contribution in [0.15, 0.2) is 57.4 Å². The Morgan fingerprint density at radius 2 is 1.86 bits per heavy atom. The number of fused-ring (bicyclic) bond motifs is 1. The lowest BCUT2D eigenvalue weighted by atomic mass is 10.2. The molecule has 3 aromatic rings. The molecule has 6 heteroatoms. The molecule has 0 radical (unpaired) electrons. The zero-order valence-corrected chi connectivity index (χ0v) is 13.3. The number of nitrogens with one attached hydrogen (secondary N) is 2. The third-order valence-electron chi connectivity index (χ3n) is 3.09. The smallest absolute Gasteiger partial charge is 0.295 e. The lowest BCUT2D eigenvalue weighted by Gasteiger charge is -2.05. The number of para-hydroxylation sites is 2. The molecule has 2 N–H and O–H groups in total. The fourth-order valence-electron chi connectivity index (χ4n) is 2.00.